The van der Waals surface area contributed by atoms with Crippen LogP contribution in [0.5, 0.6) is 0 Å². The molecule has 628 valence electrons. The molecule has 42 heteroatoms. The minimum Gasteiger partial charge on any atom is -0.444 e. The van der Waals surface area contributed by atoms with Gasteiger partial charge in [-0.25, -0.2) is 64.0 Å². The zero-order chi connectivity index (χ0) is 85.6. The van der Waals surface area contributed by atoms with E-state index in [2.05, 4.69) is 140 Å². The third-order valence-corrected chi connectivity index (χ3v) is 21.5. The summed E-state index contributed by atoms with van der Waals surface area (Å²) in [5, 5.41) is 34.2. The number of primary amides is 1. The summed E-state index contributed by atoms with van der Waals surface area (Å²) >= 11 is 30.3. The summed E-state index contributed by atoms with van der Waals surface area (Å²) in [6.07, 6.45) is 10.3. The van der Waals surface area contributed by atoms with Crippen LogP contribution in [0.15, 0.2) is 103 Å². The van der Waals surface area contributed by atoms with Gasteiger partial charge < -0.3 is 79.9 Å². The van der Waals surface area contributed by atoms with E-state index in [1.165, 1.54) is 31.8 Å². The highest BCUT2D eigenvalue weighted by Crippen LogP contribution is 2.42. The van der Waals surface area contributed by atoms with Crippen LogP contribution in [0.2, 0.25) is 15.1 Å². The number of rotatable bonds is 15. The largest absolute Gasteiger partial charge is 0.444 e. The molecule has 14 rings (SSSR count). The van der Waals surface area contributed by atoms with Crippen molar-refractivity contribution in [3.8, 4) is 6.07 Å². The van der Waals surface area contributed by atoms with Crippen molar-refractivity contribution in [2.75, 3.05) is 90.1 Å². The highest BCUT2D eigenvalue weighted by Gasteiger charge is 2.47. The van der Waals surface area contributed by atoms with Crippen LogP contribution in [-0.2, 0) is 48.1 Å². The second-order valence-corrected chi connectivity index (χ2v) is 36.4. The SMILES string of the molecule is C1CCOC1.CC(C)(C)OC(=O)Nc1ncnc2c1ncn2Cc1c(Br)cc(Cl)cc1N1CC[C@@](C#N)(NC(=O)OC(C)(C)C)C1.CC(C)(C)OC(=O)Nc1ncnc2c1ncn2Cc1c(Br)cc(Cl)cc1N1CC[C@](NC(=O)OC(C)(C)C)(C(N)=O)C1.Nc1ncnc2c1ncn2Cc1c(Br)cc(Cl)cc1N1CC[C@](N)(C2=NN=NC2)C1. The van der Waals surface area contributed by atoms with Gasteiger partial charge in [0.15, 0.2) is 45.4 Å². The number of carbonyl (C=O) groups excluding carboxylic acids is 5. The number of alkyl carbamates (subject to hydrolysis) is 2. The molecule has 36 nitrogen and oxygen atoms in total. The van der Waals surface area contributed by atoms with Gasteiger partial charge >= 0.3 is 24.4 Å². The molecule has 6 aromatic heterocycles. The molecule has 0 unspecified atom stereocenters. The summed E-state index contributed by atoms with van der Waals surface area (Å²) in [5.41, 5.74) is 21.6. The average molecular weight is 1880 g/mol. The lowest BCUT2D eigenvalue weighted by Gasteiger charge is -2.30. The van der Waals surface area contributed by atoms with Crippen molar-refractivity contribution in [2.45, 2.75) is 174 Å². The number of hydrogen-bond acceptors (Lipinski definition) is 28. The minimum absolute atomic E-state index is 0.109. The van der Waals surface area contributed by atoms with E-state index in [9.17, 15) is 29.2 Å². The number of nitrogen functional groups attached to an aromatic ring is 1. The molecule has 0 radical (unpaired) electrons. The maximum atomic E-state index is 12.6. The number of nitriles is 1. The summed E-state index contributed by atoms with van der Waals surface area (Å²) < 4.78 is 34.3. The van der Waals surface area contributed by atoms with Gasteiger partial charge in [0.1, 0.15) is 64.5 Å². The van der Waals surface area contributed by atoms with Gasteiger partial charge in [0.25, 0.3) is 0 Å². The van der Waals surface area contributed by atoms with Crippen LogP contribution in [0.4, 0.5) is 53.7 Å². The number of halogens is 6. The molecule has 3 aromatic carbocycles. The highest BCUT2D eigenvalue weighted by molar-refractivity contribution is 9.11. The molecule has 3 atom stereocenters. The topological polar surface area (TPSA) is 459 Å². The van der Waals surface area contributed by atoms with Crippen molar-refractivity contribution in [2.24, 2.45) is 26.9 Å². The third kappa shape index (κ3) is 22.3. The summed E-state index contributed by atoms with van der Waals surface area (Å²) in [4.78, 5) is 107. The van der Waals surface area contributed by atoms with E-state index in [0.717, 1.165) is 74.6 Å². The average Bonchev–Trinajstić information content (AvgIpc) is 1.63. The molecule has 10 N–H and O–H groups in total. The molecule has 9 aromatic rings. The molecular formula is C76H92Br3Cl3N26O10. The zero-order valence-electron chi connectivity index (χ0n) is 67.0. The first-order valence-corrected chi connectivity index (χ1v) is 41.0. The van der Waals surface area contributed by atoms with Crippen LogP contribution >= 0.6 is 82.6 Å². The Labute approximate surface area is 720 Å². The number of anilines is 6. The minimum atomic E-state index is -1.34. The van der Waals surface area contributed by atoms with Crippen molar-refractivity contribution in [1.82, 2.24) is 69.2 Å². The van der Waals surface area contributed by atoms with Crippen LogP contribution < -0.4 is 53.2 Å². The van der Waals surface area contributed by atoms with Gasteiger partial charge in [-0.05, 0) is 150 Å². The quantitative estimate of drug-likeness (QED) is 0.0469. The van der Waals surface area contributed by atoms with E-state index in [1.54, 1.807) is 125 Å². The first-order valence-electron chi connectivity index (χ1n) is 37.4. The van der Waals surface area contributed by atoms with Crippen molar-refractivity contribution < 1.29 is 47.7 Å². The maximum Gasteiger partial charge on any atom is 0.413 e. The lowest BCUT2D eigenvalue weighted by atomic mass is 9.93. The number of nitrogens with two attached hydrogens (primary N) is 3. The van der Waals surface area contributed by atoms with Crippen LogP contribution in [0.1, 0.15) is 132 Å². The molecule has 0 saturated carbocycles. The molecule has 4 fully saturated rings. The van der Waals surface area contributed by atoms with Crippen LogP contribution in [0, 0.1) is 11.3 Å². The fraction of sp³-hybridized carbons (Fsp3) is 0.474. The number of aromatic nitrogens is 12. The Bertz CT molecular complexity index is 5380. The highest BCUT2D eigenvalue weighted by atomic mass is 79.9. The van der Waals surface area contributed by atoms with Gasteiger partial charge in [0.2, 0.25) is 5.91 Å². The van der Waals surface area contributed by atoms with Gasteiger partial charge in [0.05, 0.1) is 69.0 Å². The smallest absolute Gasteiger partial charge is 0.413 e. The van der Waals surface area contributed by atoms with Gasteiger partial charge in [-0.1, -0.05) is 82.6 Å². The number of amides is 5. The van der Waals surface area contributed by atoms with Gasteiger partial charge in [0, 0.05) is 108 Å². The van der Waals surface area contributed by atoms with Crippen LogP contribution in [-0.4, -0.2) is 193 Å². The summed E-state index contributed by atoms with van der Waals surface area (Å²) in [5.74, 6) is 0.128. The van der Waals surface area contributed by atoms with E-state index in [-0.39, 0.29) is 31.1 Å². The molecule has 5 aliphatic rings. The third-order valence-electron chi connectivity index (χ3n) is 18.7. The number of benzene rings is 3. The van der Waals surface area contributed by atoms with Crippen molar-refractivity contribution >= 4 is 187 Å². The fourth-order valence-corrected chi connectivity index (χ4v) is 16.2. The van der Waals surface area contributed by atoms with Gasteiger partial charge in [-0.2, -0.15) is 10.4 Å². The second-order valence-electron chi connectivity index (χ2n) is 32.6. The van der Waals surface area contributed by atoms with E-state index >= 15 is 0 Å². The van der Waals surface area contributed by atoms with Crippen molar-refractivity contribution in [3.63, 3.8) is 0 Å². The van der Waals surface area contributed by atoms with Gasteiger partial charge in [-0.3, -0.25) is 15.4 Å². The lowest BCUT2D eigenvalue weighted by molar-refractivity contribution is -0.123. The van der Waals surface area contributed by atoms with Crippen LogP contribution in [0.25, 0.3) is 33.5 Å². The molecule has 5 amide bonds. The van der Waals surface area contributed by atoms with E-state index in [1.807, 2.05) is 37.1 Å². The number of hydrogen-bond donors (Lipinski definition) is 7. The number of fused-ring (bicyclic) bond motifs is 3. The monoisotopic (exact) mass is 1870 g/mol. The lowest BCUT2D eigenvalue weighted by Crippen LogP contribution is -2.59. The van der Waals surface area contributed by atoms with Crippen molar-refractivity contribution in [3.05, 3.63) is 120 Å². The molecule has 0 bridgehead atoms. The van der Waals surface area contributed by atoms with E-state index in [0.29, 0.717) is 111 Å². The first kappa shape index (κ1) is 88.9. The number of nitrogens with zero attached hydrogens (tertiary/aromatic N) is 19. The van der Waals surface area contributed by atoms with Gasteiger partial charge in [-0.15, -0.1) is 5.10 Å². The Hall–Kier alpha value is -9.95. The molecule has 0 aliphatic carbocycles. The van der Waals surface area contributed by atoms with E-state index in [4.69, 9.17) is 75.7 Å². The summed E-state index contributed by atoms with van der Waals surface area (Å²) in [6, 6.07) is 13.3. The number of imidazole rings is 3. The predicted octanol–water partition coefficient (Wildman–Crippen LogP) is 13.6. The second kappa shape index (κ2) is 36.3. The van der Waals surface area contributed by atoms with Crippen LogP contribution in [0.3, 0.4) is 0 Å². The number of carbonyl (C=O) groups is 5. The Morgan fingerprint density at radius 2 is 0.932 bits per heavy atom. The molecule has 0 spiro atoms. The summed E-state index contributed by atoms with van der Waals surface area (Å²) in [6.45, 7) is 27.4. The van der Waals surface area contributed by atoms with Crippen molar-refractivity contribution in [1.29, 1.82) is 5.26 Å². The molecule has 118 heavy (non-hydrogen) atoms. The maximum absolute atomic E-state index is 12.6. The summed E-state index contributed by atoms with van der Waals surface area (Å²) in [7, 11) is 0. The van der Waals surface area contributed by atoms with E-state index < -0.39 is 69.3 Å². The molecule has 5 aliphatic heterocycles. The molecule has 4 saturated heterocycles. The Morgan fingerprint density at radius 1 is 0.534 bits per heavy atom. The predicted molar refractivity (Wildman–Crippen MR) is 458 cm³/mol. The molecule has 11 heterocycles. The Balaban J connectivity index is 0.000000170. The number of nitrogens with one attached hydrogen (secondary N) is 4. The Kier molecular flexibility index (Phi) is 27.4. The first-order chi connectivity index (χ1) is 55.5. The normalized spacial score (nSPS) is 18.5. The fourth-order valence-electron chi connectivity index (χ4n) is 13.5. The standard InChI is InChI=1S/C27H34BrClN8O5.C27H32BrClN8O4.C18H18BrClN10.C4H8O/c1-25(2,3)41-23(39)34-20-19-21(32-13-31-20)37(14-33-19)11-16-17(28)9-15(29)10-18(16)36-8-7-27(12-36,22(30)38)35-24(40)42-26(4,5)6;1-25(2,3)40-23(38)34-21-20-22(32-14-31-21)37(15-33-20)11-17-18(28)9-16(29)10-19(17)36-8-7-27(12-30,13-36)35-24(39)41-26(4,5)6;19-12-3-10(20)4-13(29-2-1-18(22,7-29)14-5-26-28-27-14)11(12)6-30-9-25-15-16(21)23-8-24-17(15)30;1-2-4-5-3-1/h9-10,13-14H,7-8,11-12H2,1-6H3,(H2,30,38)(H,35,40)(H,31,32,34,39);9-10,14-15H,7-8,11,13H2,1-6H3,(H,35,39)(H,31,32,34,38);3-4,8-9H,1-2,5-7,22H2,(H2,21,23,24);1-4H2/t2*27-;18-;/m101./s1. The number of ether oxygens (including phenoxy) is 5. The zero-order valence-corrected chi connectivity index (χ0v) is 74.1. The Morgan fingerprint density at radius 3 is 1.35 bits per heavy atom. The molecular weight excluding hydrogens is 1780 g/mol.